The number of nitrogens with one attached hydrogen (secondary N) is 2. The molecule has 1 heterocycles. The first kappa shape index (κ1) is 16.0. The second kappa shape index (κ2) is 5.51. The molecule has 6 nitrogen and oxygen atoms in total. The molecule has 4 aliphatic rings. The highest BCUT2D eigenvalue weighted by atomic mass is 35.5. The monoisotopic (exact) mass is 351 g/mol. The van der Waals surface area contributed by atoms with Crippen molar-refractivity contribution in [1.82, 2.24) is 5.32 Å². The summed E-state index contributed by atoms with van der Waals surface area (Å²) in [6.07, 6.45) is 2.43. The molecule has 1 amide bonds. The predicted molar refractivity (Wildman–Crippen MR) is 91.2 cm³/mol. The summed E-state index contributed by atoms with van der Waals surface area (Å²) in [5.74, 6) is 0.471. The third kappa shape index (κ3) is 2.62. The molecule has 1 aromatic carbocycles. The largest absolute Gasteiger partial charge is 0.477 e. The average molecular weight is 352 g/mol. The van der Waals surface area contributed by atoms with Gasteiger partial charge in [0, 0.05) is 16.1 Å². The summed E-state index contributed by atoms with van der Waals surface area (Å²) in [6, 6.07) is 5.28. The van der Waals surface area contributed by atoms with Crippen molar-refractivity contribution in [3.8, 4) is 5.75 Å². The summed E-state index contributed by atoms with van der Waals surface area (Å²) in [7, 11) is 0. The zero-order valence-corrected chi connectivity index (χ0v) is 14.1. The Kier molecular flexibility index (Phi) is 3.67. The van der Waals surface area contributed by atoms with Crippen LogP contribution in [-0.4, -0.2) is 40.8 Å². The van der Waals surface area contributed by atoms with E-state index < -0.39 is 17.7 Å². The Balaban J connectivity index is 1.45. The van der Waals surface area contributed by atoms with Gasteiger partial charge in [-0.1, -0.05) is 11.6 Å². The lowest BCUT2D eigenvalue weighted by Crippen LogP contribution is -2.69. The van der Waals surface area contributed by atoms with Crippen molar-refractivity contribution in [1.29, 1.82) is 0 Å². The van der Waals surface area contributed by atoms with Crippen LogP contribution in [0.2, 0.25) is 5.02 Å². The quantitative estimate of drug-likeness (QED) is 0.646. The molecule has 2 bridgehead atoms. The third-order valence-electron chi connectivity index (χ3n) is 5.76. The zero-order valence-electron chi connectivity index (χ0n) is 13.3. The van der Waals surface area contributed by atoms with E-state index in [1.807, 2.05) is 0 Å². The minimum atomic E-state index is -0.600. The Morgan fingerprint density at radius 3 is 2.83 bits per heavy atom. The van der Waals surface area contributed by atoms with Crippen LogP contribution in [0, 0.1) is 0 Å². The molecule has 130 valence electrons. The molecule has 1 aliphatic heterocycles. The fourth-order valence-corrected chi connectivity index (χ4v) is 4.28. The molecule has 3 fully saturated rings. The summed E-state index contributed by atoms with van der Waals surface area (Å²) >= 11 is 5.96. The third-order valence-corrected chi connectivity index (χ3v) is 5.99. The minimum absolute atomic E-state index is 0.151. The molecule has 5 rings (SSSR count). The number of ether oxygens (including phenoxy) is 1. The fraction of sp³-hybridized carbons (Fsp3) is 0.588. The van der Waals surface area contributed by atoms with Gasteiger partial charge in [0.15, 0.2) is 6.10 Å². The van der Waals surface area contributed by atoms with E-state index in [0.717, 1.165) is 31.4 Å². The highest BCUT2D eigenvalue weighted by Crippen LogP contribution is 2.45. The molecular weight excluding hydrogens is 330 g/mol. The average Bonchev–Trinajstić information content (AvgIpc) is 2.56. The van der Waals surface area contributed by atoms with Crippen LogP contribution >= 0.6 is 11.6 Å². The second-order valence-electron chi connectivity index (χ2n) is 7.35. The highest BCUT2D eigenvalue weighted by Gasteiger charge is 2.53. The van der Waals surface area contributed by atoms with Crippen molar-refractivity contribution in [2.75, 3.05) is 11.9 Å². The number of carbonyl (C=O) groups excluding carboxylic acids is 1. The van der Waals surface area contributed by atoms with Crippen molar-refractivity contribution < 1.29 is 14.6 Å². The number of rotatable bonds is 2. The molecule has 2 atom stereocenters. The van der Waals surface area contributed by atoms with E-state index in [1.165, 1.54) is 0 Å². The first-order valence-corrected chi connectivity index (χ1v) is 8.76. The highest BCUT2D eigenvalue weighted by molar-refractivity contribution is 6.30. The van der Waals surface area contributed by atoms with Crippen LogP contribution in [-0.2, 0) is 4.79 Å². The fourth-order valence-electron chi connectivity index (χ4n) is 4.11. The van der Waals surface area contributed by atoms with Gasteiger partial charge in [0.05, 0.1) is 18.3 Å². The van der Waals surface area contributed by atoms with Gasteiger partial charge in [-0.25, -0.2) is 0 Å². The van der Waals surface area contributed by atoms with E-state index in [0.29, 0.717) is 23.7 Å². The maximum Gasteiger partial charge on any atom is 0.263 e. The number of aliphatic hydroxyl groups is 1. The van der Waals surface area contributed by atoms with E-state index >= 15 is 0 Å². The Bertz CT molecular complexity index is 673. The van der Waals surface area contributed by atoms with Gasteiger partial charge in [-0.2, -0.15) is 0 Å². The van der Waals surface area contributed by atoms with Crippen LogP contribution in [0.1, 0.15) is 32.1 Å². The Morgan fingerprint density at radius 1 is 1.38 bits per heavy atom. The number of anilines is 1. The van der Waals surface area contributed by atoms with Crippen molar-refractivity contribution in [3.63, 3.8) is 0 Å². The maximum absolute atomic E-state index is 12.7. The predicted octanol–water partition coefficient (Wildman–Crippen LogP) is 1.40. The number of halogens is 1. The van der Waals surface area contributed by atoms with Crippen LogP contribution in [0.15, 0.2) is 18.2 Å². The molecule has 24 heavy (non-hydrogen) atoms. The number of amides is 1. The molecule has 0 spiro atoms. The van der Waals surface area contributed by atoms with Crippen molar-refractivity contribution in [2.24, 2.45) is 5.73 Å². The summed E-state index contributed by atoms with van der Waals surface area (Å²) < 4.78 is 5.82. The Morgan fingerprint density at radius 2 is 2.12 bits per heavy atom. The van der Waals surface area contributed by atoms with Crippen LogP contribution in [0.4, 0.5) is 5.69 Å². The van der Waals surface area contributed by atoms with Crippen LogP contribution < -0.4 is 21.1 Å². The summed E-state index contributed by atoms with van der Waals surface area (Å²) in [4.78, 5) is 12.7. The lowest BCUT2D eigenvalue weighted by atomic mass is 9.60. The van der Waals surface area contributed by atoms with E-state index in [1.54, 1.807) is 18.2 Å². The first-order valence-electron chi connectivity index (χ1n) is 8.38. The molecule has 0 radical (unpaired) electrons. The number of carbonyl (C=O) groups is 1. The van der Waals surface area contributed by atoms with Gasteiger partial charge in [0.25, 0.3) is 5.91 Å². The van der Waals surface area contributed by atoms with Crippen LogP contribution in [0.25, 0.3) is 0 Å². The molecule has 0 unspecified atom stereocenters. The Hall–Kier alpha value is -1.50. The molecule has 3 saturated carbocycles. The summed E-state index contributed by atoms with van der Waals surface area (Å²) in [5, 5.41) is 17.2. The standard InChI is InChI=1S/C17H22ClN3O3/c18-10-1-2-12-11(7-10)20-9-13(24-12)15(23)21-16-3-5-17(19,6-4-16)14(22)8-16/h1-2,7,13-14,20,22H,3-6,8-9,19H2,(H,21,23)/t13-,14+,16?,17?/m1/s1. The topological polar surface area (TPSA) is 96.6 Å². The van der Waals surface area contributed by atoms with Gasteiger partial charge < -0.3 is 26.2 Å². The van der Waals surface area contributed by atoms with Gasteiger partial charge in [-0.3, -0.25) is 4.79 Å². The van der Waals surface area contributed by atoms with Crippen molar-refractivity contribution in [2.45, 2.75) is 55.4 Å². The van der Waals surface area contributed by atoms with Gasteiger partial charge in [0.2, 0.25) is 0 Å². The Labute approximate surface area is 145 Å². The number of benzene rings is 1. The van der Waals surface area contributed by atoms with Crippen LogP contribution in [0.3, 0.4) is 0 Å². The molecule has 7 heteroatoms. The molecular formula is C17H22ClN3O3. The smallest absolute Gasteiger partial charge is 0.263 e. The lowest BCUT2D eigenvalue weighted by molar-refractivity contribution is -0.133. The summed E-state index contributed by atoms with van der Waals surface area (Å²) in [5.41, 5.74) is 6.19. The van der Waals surface area contributed by atoms with E-state index in [-0.39, 0.29) is 11.4 Å². The minimum Gasteiger partial charge on any atom is -0.477 e. The SMILES string of the molecule is NC12CCC(NC(=O)[C@H]3CNc4cc(Cl)ccc4O3)(CC1)C[C@@H]2O. The van der Waals surface area contributed by atoms with Crippen molar-refractivity contribution >= 4 is 23.2 Å². The van der Waals surface area contributed by atoms with Gasteiger partial charge in [-0.15, -0.1) is 0 Å². The van der Waals surface area contributed by atoms with Gasteiger partial charge in [0.1, 0.15) is 5.75 Å². The maximum atomic E-state index is 12.7. The first-order chi connectivity index (χ1) is 11.4. The lowest BCUT2D eigenvalue weighted by Gasteiger charge is -2.54. The second-order valence-corrected chi connectivity index (χ2v) is 7.79. The number of hydrogen-bond donors (Lipinski definition) is 4. The molecule has 0 aromatic heterocycles. The number of nitrogens with two attached hydrogens (primary N) is 1. The number of hydrogen-bond acceptors (Lipinski definition) is 5. The number of fused-ring (bicyclic) bond motifs is 4. The van der Waals surface area contributed by atoms with Gasteiger partial charge in [-0.05, 0) is 50.3 Å². The van der Waals surface area contributed by atoms with Crippen molar-refractivity contribution in [3.05, 3.63) is 23.2 Å². The number of aliphatic hydroxyl groups excluding tert-OH is 1. The normalized spacial score (nSPS) is 37.1. The van der Waals surface area contributed by atoms with Crippen LogP contribution in [0.5, 0.6) is 5.75 Å². The molecule has 5 N–H and O–H groups in total. The molecule has 1 aromatic rings. The van der Waals surface area contributed by atoms with E-state index in [9.17, 15) is 9.90 Å². The van der Waals surface area contributed by atoms with Gasteiger partial charge >= 0.3 is 0 Å². The zero-order chi connectivity index (χ0) is 16.9. The summed E-state index contributed by atoms with van der Waals surface area (Å²) in [6.45, 7) is 0.388. The van der Waals surface area contributed by atoms with E-state index in [2.05, 4.69) is 10.6 Å². The van der Waals surface area contributed by atoms with E-state index in [4.69, 9.17) is 22.1 Å². The molecule has 3 aliphatic carbocycles. The molecule has 0 saturated heterocycles.